The van der Waals surface area contributed by atoms with E-state index in [0.29, 0.717) is 12.0 Å². The number of hydrogen-bond donors (Lipinski definition) is 2. The van der Waals surface area contributed by atoms with E-state index in [-0.39, 0.29) is 5.91 Å². The molecule has 25 heavy (non-hydrogen) atoms. The van der Waals surface area contributed by atoms with Crippen LogP contribution in [0.5, 0.6) is 0 Å². The Morgan fingerprint density at radius 1 is 1.24 bits per heavy atom. The van der Waals surface area contributed by atoms with Crippen molar-refractivity contribution in [1.29, 1.82) is 0 Å². The molecular formula is C19H20N3O3+. The SMILES string of the molecule is COC(=O)C(Cc1c[nH]c2ccccc12)NC(=O)c1ccc[n+](C)c1. The van der Waals surface area contributed by atoms with Gasteiger partial charge in [-0.2, -0.15) is 0 Å². The first kappa shape index (κ1) is 16.7. The molecule has 0 aliphatic rings. The second-order valence-corrected chi connectivity index (χ2v) is 5.87. The van der Waals surface area contributed by atoms with Gasteiger partial charge >= 0.3 is 5.97 Å². The number of pyridine rings is 1. The van der Waals surface area contributed by atoms with Gasteiger partial charge in [0.15, 0.2) is 12.4 Å². The molecule has 2 heterocycles. The topological polar surface area (TPSA) is 75.1 Å². The maximum absolute atomic E-state index is 12.5. The Balaban J connectivity index is 1.83. The number of para-hydroxylation sites is 1. The number of amides is 1. The highest BCUT2D eigenvalue weighted by Gasteiger charge is 2.24. The van der Waals surface area contributed by atoms with Crippen molar-refractivity contribution in [2.75, 3.05) is 7.11 Å². The Kier molecular flexibility index (Phi) is 4.79. The third-order valence-corrected chi connectivity index (χ3v) is 4.09. The number of ether oxygens (including phenoxy) is 1. The molecule has 0 saturated carbocycles. The standard InChI is InChI=1S/C19H19N3O3/c1-22-9-5-6-13(12-22)18(23)21-17(19(24)25-2)10-14-11-20-16-8-4-3-7-15(14)16/h3-9,11-12,17,20H,10H2,1-2H3/p+1. The summed E-state index contributed by atoms with van der Waals surface area (Å²) in [5.74, 6) is -0.787. The molecule has 1 unspecified atom stereocenters. The molecule has 6 heteroatoms. The van der Waals surface area contributed by atoms with Gasteiger partial charge in [0, 0.05) is 29.6 Å². The fourth-order valence-corrected chi connectivity index (χ4v) is 2.82. The summed E-state index contributed by atoms with van der Waals surface area (Å²) >= 11 is 0. The summed E-state index contributed by atoms with van der Waals surface area (Å²) in [5, 5.41) is 3.80. The number of rotatable bonds is 5. The van der Waals surface area contributed by atoms with Crippen LogP contribution in [0.2, 0.25) is 0 Å². The number of H-pyrrole nitrogens is 1. The number of methoxy groups -OCH3 is 1. The molecule has 0 aliphatic heterocycles. The van der Waals surface area contributed by atoms with Crippen LogP contribution in [-0.4, -0.2) is 30.0 Å². The highest BCUT2D eigenvalue weighted by atomic mass is 16.5. The molecule has 1 amide bonds. The smallest absolute Gasteiger partial charge is 0.328 e. The second-order valence-electron chi connectivity index (χ2n) is 5.87. The summed E-state index contributed by atoms with van der Waals surface area (Å²) < 4.78 is 6.64. The summed E-state index contributed by atoms with van der Waals surface area (Å²) in [6.45, 7) is 0. The lowest BCUT2D eigenvalue weighted by atomic mass is 10.0. The van der Waals surface area contributed by atoms with E-state index >= 15 is 0 Å². The zero-order valence-corrected chi connectivity index (χ0v) is 14.2. The second kappa shape index (κ2) is 7.17. The number of aryl methyl sites for hydroxylation is 1. The van der Waals surface area contributed by atoms with Crippen LogP contribution in [0, 0.1) is 0 Å². The lowest BCUT2D eigenvalue weighted by Crippen LogP contribution is -2.43. The quantitative estimate of drug-likeness (QED) is 0.547. The van der Waals surface area contributed by atoms with Crippen molar-refractivity contribution in [2.24, 2.45) is 7.05 Å². The number of nitrogens with zero attached hydrogens (tertiary/aromatic N) is 1. The predicted molar refractivity (Wildman–Crippen MR) is 92.9 cm³/mol. The zero-order chi connectivity index (χ0) is 17.8. The number of esters is 1. The van der Waals surface area contributed by atoms with E-state index in [9.17, 15) is 9.59 Å². The van der Waals surface area contributed by atoms with Crippen molar-refractivity contribution >= 4 is 22.8 Å². The van der Waals surface area contributed by atoms with Gasteiger partial charge in [-0.05, 0) is 17.7 Å². The van der Waals surface area contributed by atoms with Gasteiger partial charge in [-0.25, -0.2) is 9.36 Å². The first-order valence-electron chi connectivity index (χ1n) is 7.97. The molecule has 3 aromatic rings. The molecule has 0 aliphatic carbocycles. The molecule has 2 N–H and O–H groups in total. The van der Waals surface area contributed by atoms with Crippen LogP contribution in [0.15, 0.2) is 55.0 Å². The Hall–Kier alpha value is -3.15. The molecule has 0 bridgehead atoms. The molecule has 0 spiro atoms. The van der Waals surface area contributed by atoms with Crippen LogP contribution >= 0.6 is 0 Å². The number of benzene rings is 1. The summed E-state index contributed by atoms with van der Waals surface area (Å²) in [6.07, 6.45) is 5.74. The van der Waals surface area contributed by atoms with Gasteiger partial charge in [0.2, 0.25) is 0 Å². The average Bonchev–Trinajstić information content (AvgIpc) is 3.03. The minimum atomic E-state index is -0.762. The van der Waals surface area contributed by atoms with Crippen molar-refractivity contribution in [3.63, 3.8) is 0 Å². The number of aromatic amines is 1. The van der Waals surface area contributed by atoms with E-state index in [1.807, 2.05) is 43.7 Å². The monoisotopic (exact) mass is 338 g/mol. The first-order chi connectivity index (χ1) is 12.1. The normalized spacial score (nSPS) is 11.9. The molecule has 0 radical (unpaired) electrons. The zero-order valence-electron chi connectivity index (χ0n) is 14.2. The fraction of sp³-hybridized carbons (Fsp3) is 0.211. The lowest BCUT2D eigenvalue weighted by molar-refractivity contribution is -0.671. The third-order valence-electron chi connectivity index (χ3n) is 4.09. The minimum absolute atomic E-state index is 0.313. The van der Waals surface area contributed by atoms with E-state index in [0.717, 1.165) is 16.5 Å². The van der Waals surface area contributed by atoms with E-state index in [4.69, 9.17) is 4.74 Å². The summed E-state index contributed by atoms with van der Waals surface area (Å²) in [5.41, 5.74) is 2.42. The average molecular weight is 338 g/mol. The van der Waals surface area contributed by atoms with Crippen LogP contribution in [0.1, 0.15) is 15.9 Å². The number of carbonyl (C=O) groups is 2. The Labute approximate surface area is 145 Å². The summed E-state index contributed by atoms with van der Waals surface area (Å²) in [6, 6.07) is 10.6. The molecule has 128 valence electrons. The minimum Gasteiger partial charge on any atom is -0.467 e. The lowest BCUT2D eigenvalue weighted by Gasteiger charge is -2.16. The summed E-state index contributed by atoms with van der Waals surface area (Å²) in [4.78, 5) is 27.8. The van der Waals surface area contributed by atoms with Crippen molar-refractivity contribution in [3.8, 4) is 0 Å². The van der Waals surface area contributed by atoms with Gasteiger partial charge in [-0.15, -0.1) is 0 Å². The molecule has 2 aromatic heterocycles. The number of fused-ring (bicyclic) bond motifs is 1. The van der Waals surface area contributed by atoms with Gasteiger partial charge in [0.25, 0.3) is 5.91 Å². The third kappa shape index (κ3) is 3.68. The van der Waals surface area contributed by atoms with Gasteiger partial charge in [0.1, 0.15) is 18.7 Å². The van der Waals surface area contributed by atoms with Gasteiger partial charge < -0.3 is 15.0 Å². The van der Waals surface area contributed by atoms with E-state index in [1.165, 1.54) is 7.11 Å². The Morgan fingerprint density at radius 2 is 2.04 bits per heavy atom. The van der Waals surface area contributed by atoms with Crippen molar-refractivity contribution < 1.29 is 18.9 Å². The predicted octanol–water partition coefficient (Wildman–Crippen LogP) is 1.51. The Morgan fingerprint density at radius 3 is 2.80 bits per heavy atom. The maximum atomic E-state index is 12.5. The van der Waals surface area contributed by atoms with Crippen molar-refractivity contribution in [3.05, 3.63) is 66.1 Å². The highest BCUT2D eigenvalue weighted by molar-refractivity contribution is 5.96. The van der Waals surface area contributed by atoms with Crippen molar-refractivity contribution in [1.82, 2.24) is 10.3 Å². The van der Waals surface area contributed by atoms with Crippen molar-refractivity contribution in [2.45, 2.75) is 12.5 Å². The molecule has 1 atom stereocenters. The molecule has 0 fully saturated rings. The first-order valence-corrected chi connectivity index (χ1v) is 7.97. The van der Waals surface area contributed by atoms with Crippen LogP contribution < -0.4 is 9.88 Å². The number of aromatic nitrogens is 2. The largest absolute Gasteiger partial charge is 0.467 e. The van der Waals surface area contributed by atoms with E-state index in [2.05, 4.69) is 10.3 Å². The van der Waals surface area contributed by atoms with E-state index in [1.54, 1.807) is 22.9 Å². The molecule has 0 saturated heterocycles. The number of nitrogens with one attached hydrogen (secondary N) is 2. The molecular weight excluding hydrogens is 318 g/mol. The van der Waals surface area contributed by atoms with Crippen LogP contribution in [0.25, 0.3) is 10.9 Å². The molecule has 3 rings (SSSR count). The fourth-order valence-electron chi connectivity index (χ4n) is 2.82. The van der Waals surface area contributed by atoms with Crippen LogP contribution in [-0.2, 0) is 23.0 Å². The van der Waals surface area contributed by atoms with Gasteiger partial charge in [0.05, 0.1) is 7.11 Å². The Bertz CT molecular complexity index is 917. The van der Waals surface area contributed by atoms with Gasteiger partial charge in [-0.3, -0.25) is 4.79 Å². The number of hydrogen-bond acceptors (Lipinski definition) is 3. The van der Waals surface area contributed by atoms with Crippen LogP contribution in [0.4, 0.5) is 0 Å². The van der Waals surface area contributed by atoms with Gasteiger partial charge in [-0.1, -0.05) is 18.2 Å². The molecule has 6 nitrogen and oxygen atoms in total. The van der Waals surface area contributed by atoms with E-state index < -0.39 is 12.0 Å². The maximum Gasteiger partial charge on any atom is 0.328 e. The highest BCUT2D eigenvalue weighted by Crippen LogP contribution is 2.19. The van der Waals surface area contributed by atoms with Crippen LogP contribution in [0.3, 0.4) is 0 Å². The summed E-state index contributed by atoms with van der Waals surface area (Å²) in [7, 11) is 3.15. The molecule has 1 aromatic carbocycles. The number of carbonyl (C=O) groups excluding carboxylic acids is 2.